The predicted molar refractivity (Wildman–Crippen MR) is 141 cm³/mol. The highest BCUT2D eigenvalue weighted by Crippen LogP contribution is 2.40. The van der Waals surface area contributed by atoms with Crippen LogP contribution in [0, 0.1) is 0 Å². The molecule has 0 spiro atoms. The molecule has 0 aromatic heterocycles. The van der Waals surface area contributed by atoms with Gasteiger partial charge in [0.05, 0.1) is 16.4 Å². The maximum atomic E-state index is 13.0. The summed E-state index contributed by atoms with van der Waals surface area (Å²) in [5.41, 5.74) is 0.307. The highest BCUT2D eigenvalue weighted by Gasteiger charge is 2.52. The van der Waals surface area contributed by atoms with Crippen LogP contribution in [0.25, 0.3) is 0 Å². The van der Waals surface area contributed by atoms with Gasteiger partial charge in [-0.25, -0.2) is 14.4 Å². The first kappa shape index (κ1) is 27.7. The third-order valence-electron chi connectivity index (χ3n) is 5.62. The summed E-state index contributed by atoms with van der Waals surface area (Å²) in [6.45, 7) is 0.950. The lowest BCUT2D eigenvalue weighted by Gasteiger charge is -2.25. The number of thioether (sulfide) groups is 1. The second-order valence-electron chi connectivity index (χ2n) is 8.46. The van der Waals surface area contributed by atoms with Gasteiger partial charge in [0.2, 0.25) is 0 Å². The fraction of sp³-hybridized carbons (Fsp3) is 0.241. The SMILES string of the molecule is CC(=O)OC1S[C@H](COC(=O)c2ccccc2)[C@H](OC(=O)c2ccccc2)[C@H]1OC(=O)OCc1ccccc1. The van der Waals surface area contributed by atoms with Gasteiger partial charge in [0, 0.05) is 6.92 Å². The van der Waals surface area contributed by atoms with Crippen LogP contribution in [0.1, 0.15) is 33.2 Å². The third kappa shape index (κ3) is 7.84. The van der Waals surface area contributed by atoms with E-state index in [0.717, 1.165) is 17.3 Å². The molecule has 9 nitrogen and oxygen atoms in total. The molecule has 1 saturated heterocycles. The van der Waals surface area contributed by atoms with Crippen molar-refractivity contribution in [2.24, 2.45) is 0 Å². The summed E-state index contributed by atoms with van der Waals surface area (Å²) in [5.74, 6) is -1.90. The van der Waals surface area contributed by atoms with Crippen LogP contribution in [-0.2, 0) is 35.1 Å². The van der Waals surface area contributed by atoms with Crippen LogP contribution >= 0.6 is 11.8 Å². The zero-order chi connectivity index (χ0) is 27.6. The number of rotatable bonds is 9. The van der Waals surface area contributed by atoms with Crippen LogP contribution in [0.4, 0.5) is 4.79 Å². The zero-order valence-corrected chi connectivity index (χ0v) is 21.8. The van der Waals surface area contributed by atoms with Crippen molar-refractivity contribution in [2.75, 3.05) is 6.61 Å². The molecule has 3 aromatic rings. The number of carbonyl (C=O) groups excluding carboxylic acids is 4. The number of hydrogen-bond donors (Lipinski definition) is 0. The molecule has 4 rings (SSSR count). The standard InChI is InChI=1S/C29H26O9S/c1-19(30)36-28-25(38-29(33)35-17-20-11-5-2-6-12-20)24(37-27(32)22-15-9-4-10-16-22)23(39-28)18-34-26(31)21-13-7-3-8-14-21/h2-16,23-25,28H,17-18H2,1H3/t23-,24+,25-,28?/m1/s1. The summed E-state index contributed by atoms with van der Waals surface area (Å²) >= 11 is 1.06. The quantitative estimate of drug-likeness (QED) is 0.272. The maximum absolute atomic E-state index is 13.0. The van der Waals surface area contributed by atoms with E-state index in [1.54, 1.807) is 84.9 Å². The molecule has 1 unspecified atom stereocenters. The maximum Gasteiger partial charge on any atom is 0.509 e. The molecule has 0 bridgehead atoms. The van der Waals surface area contributed by atoms with Gasteiger partial charge in [0.1, 0.15) is 13.2 Å². The Hall–Kier alpha value is -4.31. The second-order valence-corrected chi connectivity index (χ2v) is 9.80. The Bertz CT molecular complexity index is 1270. The van der Waals surface area contributed by atoms with Gasteiger partial charge < -0.3 is 23.7 Å². The number of hydrogen-bond acceptors (Lipinski definition) is 10. The van der Waals surface area contributed by atoms with Crippen LogP contribution < -0.4 is 0 Å². The van der Waals surface area contributed by atoms with Gasteiger partial charge in [0.15, 0.2) is 17.6 Å². The minimum atomic E-state index is -1.23. The first-order valence-electron chi connectivity index (χ1n) is 12.1. The molecule has 1 aliphatic heterocycles. The molecular weight excluding hydrogens is 524 g/mol. The summed E-state index contributed by atoms with van der Waals surface area (Å²) in [5, 5.41) is -0.721. The molecule has 202 valence electrons. The molecule has 1 aliphatic rings. The second kappa shape index (κ2) is 13.5. The average Bonchev–Trinajstić information content (AvgIpc) is 3.26. The lowest BCUT2D eigenvalue weighted by molar-refractivity contribution is -0.149. The van der Waals surface area contributed by atoms with E-state index in [-0.39, 0.29) is 18.8 Å². The molecule has 0 aliphatic carbocycles. The van der Waals surface area contributed by atoms with E-state index in [1.165, 1.54) is 6.92 Å². The Morgan fingerprint density at radius 2 is 1.23 bits per heavy atom. The Balaban J connectivity index is 1.52. The van der Waals surface area contributed by atoms with Gasteiger partial charge in [-0.2, -0.15) is 0 Å². The smallest absolute Gasteiger partial charge is 0.461 e. The number of ether oxygens (including phenoxy) is 5. The van der Waals surface area contributed by atoms with E-state index in [0.29, 0.717) is 5.56 Å². The summed E-state index contributed by atoms with van der Waals surface area (Å²) in [7, 11) is 0. The summed E-state index contributed by atoms with van der Waals surface area (Å²) < 4.78 is 27.4. The highest BCUT2D eigenvalue weighted by atomic mass is 32.2. The first-order chi connectivity index (χ1) is 18.9. The number of esters is 3. The van der Waals surface area contributed by atoms with Crippen molar-refractivity contribution < 1.29 is 42.9 Å². The topological polar surface area (TPSA) is 114 Å². The molecule has 1 heterocycles. The Kier molecular flexibility index (Phi) is 9.58. The van der Waals surface area contributed by atoms with Crippen molar-refractivity contribution in [1.29, 1.82) is 0 Å². The molecule has 0 amide bonds. The molecule has 0 radical (unpaired) electrons. The Morgan fingerprint density at radius 3 is 1.82 bits per heavy atom. The van der Waals surface area contributed by atoms with Crippen molar-refractivity contribution >= 4 is 35.8 Å². The third-order valence-corrected chi connectivity index (χ3v) is 7.01. The monoisotopic (exact) mass is 550 g/mol. The number of benzene rings is 3. The summed E-state index contributed by atoms with van der Waals surface area (Å²) in [4.78, 5) is 50.0. The predicted octanol–water partition coefficient (Wildman–Crippen LogP) is 4.80. The molecule has 0 N–H and O–H groups in total. The van der Waals surface area contributed by atoms with E-state index in [4.69, 9.17) is 23.7 Å². The summed E-state index contributed by atoms with van der Waals surface area (Å²) in [6, 6.07) is 25.6. The van der Waals surface area contributed by atoms with Gasteiger partial charge >= 0.3 is 24.1 Å². The van der Waals surface area contributed by atoms with Crippen molar-refractivity contribution in [1.82, 2.24) is 0 Å². The molecule has 1 fully saturated rings. The van der Waals surface area contributed by atoms with Gasteiger partial charge in [-0.1, -0.05) is 66.7 Å². The van der Waals surface area contributed by atoms with Gasteiger partial charge in [0.25, 0.3) is 0 Å². The van der Waals surface area contributed by atoms with Crippen LogP contribution in [0.15, 0.2) is 91.0 Å². The highest BCUT2D eigenvalue weighted by molar-refractivity contribution is 8.00. The van der Waals surface area contributed by atoms with Gasteiger partial charge in [-0.3, -0.25) is 4.79 Å². The van der Waals surface area contributed by atoms with Crippen molar-refractivity contribution in [3.63, 3.8) is 0 Å². The molecule has 3 aromatic carbocycles. The lowest BCUT2D eigenvalue weighted by atomic mass is 10.1. The van der Waals surface area contributed by atoms with Gasteiger partial charge in [-0.05, 0) is 29.8 Å². The van der Waals surface area contributed by atoms with Crippen molar-refractivity contribution in [3.05, 3.63) is 108 Å². The Morgan fingerprint density at radius 1 is 0.667 bits per heavy atom. The minimum absolute atomic E-state index is 0.0512. The first-order valence-corrected chi connectivity index (χ1v) is 13.0. The van der Waals surface area contributed by atoms with Crippen LogP contribution in [0.5, 0.6) is 0 Å². The fourth-order valence-corrected chi connectivity index (χ4v) is 5.21. The average molecular weight is 551 g/mol. The normalized spacial score (nSPS) is 19.9. The van der Waals surface area contributed by atoms with E-state index < -0.39 is 47.0 Å². The number of carbonyl (C=O) groups is 4. The van der Waals surface area contributed by atoms with Crippen LogP contribution in [0.2, 0.25) is 0 Å². The fourth-order valence-electron chi connectivity index (χ4n) is 3.79. The molecule has 0 saturated carbocycles. The zero-order valence-electron chi connectivity index (χ0n) is 21.0. The summed E-state index contributed by atoms with van der Waals surface area (Å²) in [6.07, 6.45) is -3.39. The lowest BCUT2D eigenvalue weighted by Crippen LogP contribution is -2.42. The van der Waals surface area contributed by atoms with E-state index in [2.05, 4.69) is 0 Å². The van der Waals surface area contributed by atoms with Crippen molar-refractivity contribution in [2.45, 2.75) is 36.4 Å². The molecule has 10 heteroatoms. The largest absolute Gasteiger partial charge is 0.509 e. The van der Waals surface area contributed by atoms with Crippen molar-refractivity contribution in [3.8, 4) is 0 Å². The van der Waals surface area contributed by atoms with E-state index in [9.17, 15) is 19.2 Å². The van der Waals surface area contributed by atoms with E-state index in [1.807, 2.05) is 6.07 Å². The van der Waals surface area contributed by atoms with Gasteiger partial charge in [-0.15, -0.1) is 11.8 Å². The minimum Gasteiger partial charge on any atom is -0.461 e. The van der Waals surface area contributed by atoms with Crippen LogP contribution in [0.3, 0.4) is 0 Å². The molecular formula is C29H26O9S. The van der Waals surface area contributed by atoms with E-state index >= 15 is 0 Å². The molecule has 4 atom stereocenters. The Labute approximate surface area is 229 Å². The van der Waals surface area contributed by atoms with Crippen LogP contribution in [-0.4, -0.2) is 53.6 Å². The molecule has 39 heavy (non-hydrogen) atoms.